The molecule has 4 aliphatic rings. The molecular weight excluding hydrogens is 961 g/mol. The van der Waals surface area contributed by atoms with Gasteiger partial charge in [0, 0.05) is 55.0 Å². The number of hydroxylamine groups is 4. The van der Waals surface area contributed by atoms with Crippen LogP contribution >= 0.6 is 33.3 Å². The van der Waals surface area contributed by atoms with Crippen molar-refractivity contribution in [2.75, 3.05) is 36.9 Å². The van der Waals surface area contributed by atoms with Crippen molar-refractivity contribution in [2.45, 2.75) is 91.7 Å². The van der Waals surface area contributed by atoms with Crippen LogP contribution in [-0.4, -0.2) is 172 Å². The Morgan fingerprint density at radius 2 is 1.23 bits per heavy atom. The number of imide groups is 2. The largest absolute Gasteiger partial charge is 0.355 e. The van der Waals surface area contributed by atoms with Crippen molar-refractivity contribution in [3.8, 4) is 0 Å². The zero-order valence-corrected chi connectivity index (χ0v) is 37.4. The number of thioether (sulfide) groups is 1. The second-order valence-electron chi connectivity index (χ2n) is 14.1. The van der Waals surface area contributed by atoms with Crippen molar-refractivity contribution in [2.24, 2.45) is 0 Å². The topological polar surface area (TPSA) is 394 Å². The summed E-state index contributed by atoms with van der Waals surface area (Å²) in [5.41, 5.74) is 0. The summed E-state index contributed by atoms with van der Waals surface area (Å²) in [6, 6.07) is -1.94. The number of carbonyl (C=O) groups excluding carboxylic acids is 11. The molecule has 356 valence electrons. The van der Waals surface area contributed by atoms with Crippen LogP contribution in [0.3, 0.4) is 0 Å². The molecule has 0 radical (unpaired) electrons. The molecule has 0 aromatic rings. The van der Waals surface area contributed by atoms with Crippen molar-refractivity contribution in [1.82, 2.24) is 42.0 Å². The lowest BCUT2D eigenvalue weighted by Gasteiger charge is -2.19. The van der Waals surface area contributed by atoms with Crippen molar-refractivity contribution in [1.29, 1.82) is 0 Å². The highest BCUT2D eigenvalue weighted by atomic mass is 33.1. The van der Waals surface area contributed by atoms with E-state index in [0.29, 0.717) is 30.4 Å². The third-order valence-corrected chi connectivity index (χ3v) is 15.5. The van der Waals surface area contributed by atoms with Crippen LogP contribution in [0.1, 0.15) is 57.8 Å². The van der Waals surface area contributed by atoms with Gasteiger partial charge in [0.2, 0.25) is 11.8 Å². The standard InChI is InChI=1S/C32H44N8O19S5/c41-20(4-2-1-3-17-26-16(15-60-17)36-32(51)38-26)33-10-12-62-61-11-7-21(42)37-27(28(47)34-8-5-24(45)58-39-22(43)13-18(30(39)49)63(52,53)54)29(48)35-9-6-25(46)59-40-23(44)14-19(31(40)50)64(55,56)57/h16-19,26-27H,1-15H2,(H,33,41)(H,34,47)(H,35,48)(H,37,42)(H2,36,38,51)(H,52,53,54)(H,55,56,57). The molecule has 8 N–H and O–H groups in total. The maximum Gasteiger partial charge on any atom is 0.334 e. The highest BCUT2D eigenvalue weighted by Crippen LogP contribution is 2.33. The van der Waals surface area contributed by atoms with Gasteiger partial charge in [0.15, 0.2) is 16.5 Å². The molecule has 10 amide bonds. The van der Waals surface area contributed by atoms with Gasteiger partial charge in [0.25, 0.3) is 55.7 Å². The Labute approximate surface area is 376 Å². The van der Waals surface area contributed by atoms with E-state index < -0.39 is 129 Å². The highest BCUT2D eigenvalue weighted by molar-refractivity contribution is 8.76. The third kappa shape index (κ3) is 15.2. The summed E-state index contributed by atoms with van der Waals surface area (Å²) >= 11 is 1.80. The molecule has 27 nitrogen and oxygen atoms in total. The fraction of sp³-hybridized carbons (Fsp3) is 0.656. The summed E-state index contributed by atoms with van der Waals surface area (Å²) in [6.07, 6.45) is -1.04. The van der Waals surface area contributed by atoms with Gasteiger partial charge in [-0.15, -0.1) is 10.1 Å². The minimum absolute atomic E-state index is 0.101. The Morgan fingerprint density at radius 1 is 0.703 bits per heavy atom. The van der Waals surface area contributed by atoms with E-state index in [1.807, 2.05) is 0 Å². The summed E-state index contributed by atoms with van der Waals surface area (Å²) in [7, 11) is -7.42. The van der Waals surface area contributed by atoms with Crippen LogP contribution < -0.4 is 31.9 Å². The number of hydrogen-bond acceptors (Lipinski definition) is 20. The molecule has 4 rings (SSSR count). The van der Waals surface area contributed by atoms with Crippen molar-refractivity contribution < 1.29 is 88.4 Å². The Balaban J connectivity index is 1.18. The van der Waals surface area contributed by atoms with E-state index >= 15 is 0 Å². The monoisotopic (exact) mass is 1000 g/mol. The van der Waals surface area contributed by atoms with Gasteiger partial charge in [-0.05, 0) is 12.8 Å². The first-order chi connectivity index (χ1) is 30.1. The van der Waals surface area contributed by atoms with Gasteiger partial charge < -0.3 is 41.6 Å². The molecule has 0 aromatic carbocycles. The third-order valence-electron chi connectivity index (χ3n) is 9.40. The van der Waals surface area contributed by atoms with Gasteiger partial charge in [0.1, 0.15) is 0 Å². The van der Waals surface area contributed by atoms with E-state index in [1.165, 1.54) is 21.6 Å². The minimum Gasteiger partial charge on any atom is -0.355 e. The number of fused-ring (bicyclic) bond motifs is 1. The van der Waals surface area contributed by atoms with E-state index in [-0.39, 0.29) is 46.3 Å². The lowest BCUT2D eigenvalue weighted by Crippen LogP contribution is -2.55. The molecule has 32 heteroatoms. The number of amides is 10. The van der Waals surface area contributed by atoms with Crippen LogP contribution in [0.4, 0.5) is 4.79 Å². The van der Waals surface area contributed by atoms with E-state index in [0.717, 1.165) is 18.6 Å². The predicted molar refractivity (Wildman–Crippen MR) is 219 cm³/mol. The van der Waals surface area contributed by atoms with Gasteiger partial charge in [-0.25, -0.2) is 14.4 Å². The number of nitrogens with zero attached hydrogens (tertiary/aromatic N) is 2. The fourth-order valence-corrected chi connectivity index (χ4v) is 11.1. The highest BCUT2D eigenvalue weighted by Gasteiger charge is 2.49. The van der Waals surface area contributed by atoms with Crippen molar-refractivity contribution in [3.05, 3.63) is 0 Å². The van der Waals surface area contributed by atoms with Gasteiger partial charge in [-0.1, -0.05) is 28.0 Å². The smallest absolute Gasteiger partial charge is 0.334 e. The number of unbranched alkanes of at least 4 members (excludes halogenated alkanes) is 1. The van der Waals surface area contributed by atoms with Crippen LogP contribution in [0.15, 0.2) is 0 Å². The SMILES string of the molecule is O=C(CCCCC1SCC2NC(=O)NC21)NCCSSCCC(=O)NC(C(=O)NCCC(=O)ON1C(=O)CC(S(=O)(=O)O)C1=O)C(=O)NCCC(=O)ON1C(=O)CC(S(=O)(=O)O)C1=O. The van der Waals surface area contributed by atoms with Gasteiger partial charge in [0.05, 0.1) is 37.8 Å². The first kappa shape index (κ1) is 51.9. The zero-order chi connectivity index (χ0) is 47.4. The second kappa shape index (κ2) is 23.4. The molecule has 0 spiro atoms. The number of rotatable bonds is 25. The Morgan fingerprint density at radius 3 is 1.75 bits per heavy atom. The molecule has 0 aliphatic carbocycles. The van der Waals surface area contributed by atoms with Crippen LogP contribution in [-0.2, 0) is 77.9 Å². The lowest BCUT2D eigenvalue weighted by atomic mass is 10.0. The number of nitrogens with one attached hydrogen (secondary N) is 6. The molecule has 64 heavy (non-hydrogen) atoms. The van der Waals surface area contributed by atoms with E-state index in [2.05, 4.69) is 41.6 Å². The zero-order valence-electron chi connectivity index (χ0n) is 33.3. The molecule has 4 fully saturated rings. The average molecular weight is 1010 g/mol. The number of carbonyl (C=O) groups is 11. The average Bonchev–Trinajstić information content (AvgIpc) is 3.93. The van der Waals surface area contributed by atoms with Crippen LogP contribution in [0, 0.1) is 0 Å². The van der Waals surface area contributed by atoms with Gasteiger partial charge in [-0.2, -0.15) is 28.6 Å². The van der Waals surface area contributed by atoms with Crippen molar-refractivity contribution in [3.63, 3.8) is 0 Å². The van der Waals surface area contributed by atoms with Crippen LogP contribution in [0.5, 0.6) is 0 Å². The summed E-state index contributed by atoms with van der Waals surface area (Å²) in [4.78, 5) is 145. The molecule has 4 saturated heterocycles. The van der Waals surface area contributed by atoms with Crippen LogP contribution in [0.25, 0.3) is 0 Å². The first-order valence-corrected chi connectivity index (χ1v) is 25.7. The van der Waals surface area contributed by atoms with Gasteiger partial charge >= 0.3 is 18.0 Å². The molecule has 0 bridgehead atoms. The quantitative estimate of drug-likeness (QED) is 0.0108. The Kier molecular flexibility index (Phi) is 19.0. The normalized spacial score (nSPS) is 22.3. The van der Waals surface area contributed by atoms with E-state index in [1.54, 1.807) is 11.8 Å². The Bertz CT molecular complexity index is 2010. The molecule has 0 aromatic heterocycles. The maximum absolute atomic E-state index is 13.1. The maximum atomic E-state index is 13.1. The Hall–Kier alpha value is -4.76. The van der Waals surface area contributed by atoms with Crippen molar-refractivity contribution >= 4 is 119 Å². The summed E-state index contributed by atoms with van der Waals surface area (Å²) in [5.74, 6) is -10.1. The molecule has 5 atom stereocenters. The minimum atomic E-state index is -5.00. The molecule has 4 aliphatic heterocycles. The van der Waals surface area contributed by atoms with E-state index in [4.69, 9.17) is 9.11 Å². The predicted octanol–water partition coefficient (Wildman–Crippen LogP) is -3.96. The first-order valence-electron chi connectivity index (χ1n) is 19.2. The lowest BCUT2D eigenvalue weighted by molar-refractivity contribution is -0.197. The molecular formula is C32H44N8O19S5. The van der Waals surface area contributed by atoms with E-state index in [9.17, 15) is 69.6 Å². The summed E-state index contributed by atoms with van der Waals surface area (Å²) in [5, 5.41) is 10.7. The molecule has 4 heterocycles. The molecule has 5 unspecified atom stereocenters. The summed E-state index contributed by atoms with van der Waals surface area (Å²) < 4.78 is 63.5. The summed E-state index contributed by atoms with van der Waals surface area (Å²) in [6.45, 7) is -0.920. The van der Waals surface area contributed by atoms with Gasteiger partial charge in [-0.3, -0.25) is 47.5 Å². The van der Waals surface area contributed by atoms with Crippen LogP contribution in [0.2, 0.25) is 0 Å². The number of urea groups is 1. The fourth-order valence-electron chi connectivity index (χ4n) is 6.23. The second-order valence-corrected chi connectivity index (χ2v) is 21.3. The number of hydrogen-bond donors (Lipinski definition) is 8. The molecule has 0 saturated carbocycles.